The molecular weight excluding hydrogens is 341 g/mol. The van der Waals surface area contributed by atoms with Crippen LogP contribution < -0.4 is 19.5 Å². The van der Waals surface area contributed by atoms with Gasteiger partial charge in [-0.3, -0.25) is 9.69 Å². The summed E-state index contributed by atoms with van der Waals surface area (Å²) in [5, 5.41) is 2.66. The van der Waals surface area contributed by atoms with Crippen LogP contribution in [0.5, 0.6) is 17.2 Å². The lowest BCUT2D eigenvalue weighted by Gasteiger charge is -2.18. The van der Waals surface area contributed by atoms with E-state index in [9.17, 15) is 18.0 Å². The fourth-order valence-corrected chi connectivity index (χ4v) is 2.24. The van der Waals surface area contributed by atoms with Crippen LogP contribution in [0.25, 0.3) is 0 Å². The Balaban J connectivity index is 2.63. The summed E-state index contributed by atoms with van der Waals surface area (Å²) < 4.78 is 52.2. The first-order valence-corrected chi connectivity index (χ1v) is 7.55. The Bertz CT molecular complexity index is 579. The minimum absolute atomic E-state index is 0.211. The predicted molar refractivity (Wildman–Crippen MR) is 86.6 cm³/mol. The maximum Gasteiger partial charge on any atom is 0.401 e. The monoisotopic (exact) mass is 364 g/mol. The molecular formula is C16H23F3N2O4. The van der Waals surface area contributed by atoms with E-state index in [0.29, 0.717) is 23.7 Å². The van der Waals surface area contributed by atoms with Gasteiger partial charge in [0, 0.05) is 18.7 Å². The molecule has 1 amide bonds. The van der Waals surface area contributed by atoms with Crippen molar-refractivity contribution in [3.05, 3.63) is 17.7 Å². The molecule has 0 saturated carbocycles. The lowest BCUT2D eigenvalue weighted by molar-refractivity contribution is -0.143. The molecule has 0 bridgehead atoms. The highest BCUT2D eigenvalue weighted by atomic mass is 19.4. The molecule has 0 atom stereocenters. The number of nitrogens with one attached hydrogen (secondary N) is 1. The number of nitrogens with zero attached hydrogens (tertiary/aromatic N) is 1. The van der Waals surface area contributed by atoms with Crippen molar-refractivity contribution >= 4 is 5.91 Å². The maximum absolute atomic E-state index is 12.3. The highest BCUT2D eigenvalue weighted by molar-refractivity contribution is 5.97. The van der Waals surface area contributed by atoms with Crippen LogP contribution in [0.1, 0.15) is 16.8 Å². The van der Waals surface area contributed by atoms with Crippen molar-refractivity contribution < 1.29 is 32.2 Å². The molecule has 1 N–H and O–H groups in total. The summed E-state index contributed by atoms with van der Waals surface area (Å²) in [6, 6.07) is 3.02. The average Bonchev–Trinajstić information content (AvgIpc) is 2.55. The fourth-order valence-electron chi connectivity index (χ4n) is 2.24. The number of benzene rings is 1. The van der Waals surface area contributed by atoms with Gasteiger partial charge in [0.05, 0.1) is 33.4 Å². The molecule has 0 spiro atoms. The summed E-state index contributed by atoms with van der Waals surface area (Å²) in [6.07, 6.45) is -3.85. The summed E-state index contributed by atoms with van der Waals surface area (Å²) >= 11 is 0. The number of hydrogen-bond acceptors (Lipinski definition) is 5. The highest BCUT2D eigenvalue weighted by Gasteiger charge is 2.28. The smallest absolute Gasteiger partial charge is 0.401 e. The number of ether oxygens (including phenoxy) is 3. The van der Waals surface area contributed by atoms with E-state index in [4.69, 9.17) is 14.2 Å². The number of carbonyl (C=O) groups excluding carboxylic acids is 1. The van der Waals surface area contributed by atoms with Crippen molar-refractivity contribution in [2.45, 2.75) is 12.6 Å². The summed E-state index contributed by atoms with van der Waals surface area (Å²) in [5.41, 5.74) is 0.254. The quantitative estimate of drug-likeness (QED) is 0.682. The maximum atomic E-state index is 12.3. The third kappa shape index (κ3) is 6.69. The summed E-state index contributed by atoms with van der Waals surface area (Å²) in [5.74, 6) is 0.698. The molecule has 9 heteroatoms. The van der Waals surface area contributed by atoms with E-state index in [0.717, 1.165) is 4.90 Å². The number of carbonyl (C=O) groups is 1. The number of methoxy groups -OCH3 is 3. The Morgan fingerprint density at radius 1 is 1.08 bits per heavy atom. The van der Waals surface area contributed by atoms with Gasteiger partial charge in [0.1, 0.15) is 5.75 Å². The Morgan fingerprint density at radius 3 is 2.16 bits per heavy atom. The van der Waals surface area contributed by atoms with Crippen LogP contribution in [0.3, 0.4) is 0 Å². The Labute approximate surface area is 144 Å². The van der Waals surface area contributed by atoms with E-state index in [1.54, 1.807) is 0 Å². The number of amides is 1. The molecule has 0 aliphatic heterocycles. The molecule has 0 unspecified atom stereocenters. The Hall–Kier alpha value is -2.16. The number of rotatable bonds is 9. The first-order chi connectivity index (χ1) is 11.7. The van der Waals surface area contributed by atoms with E-state index in [1.807, 2.05) is 0 Å². The van der Waals surface area contributed by atoms with Gasteiger partial charge < -0.3 is 19.5 Å². The molecule has 0 heterocycles. The van der Waals surface area contributed by atoms with Crippen LogP contribution >= 0.6 is 0 Å². The number of hydrogen-bond donors (Lipinski definition) is 1. The van der Waals surface area contributed by atoms with Crippen LogP contribution in [-0.2, 0) is 0 Å². The van der Waals surface area contributed by atoms with Gasteiger partial charge >= 0.3 is 6.18 Å². The molecule has 1 rings (SSSR count). The second-order valence-electron chi connectivity index (χ2n) is 5.37. The van der Waals surface area contributed by atoms with Crippen molar-refractivity contribution in [3.63, 3.8) is 0 Å². The lowest BCUT2D eigenvalue weighted by Crippen LogP contribution is -2.33. The van der Waals surface area contributed by atoms with Gasteiger partial charge in [0.15, 0.2) is 11.5 Å². The van der Waals surface area contributed by atoms with Gasteiger partial charge in [-0.15, -0.1) is 0 Å². The molecule has 25 heavy (non-hydrogen) atoms. The molecule has 0 aliphatic rings. The highest BCUT2D eigenvalue weighted by Crippen LogP contribution is 2.34. The molecule has 0 radical (unpaired) electrons. The minimum atomic E-state index is -4.23. The standard InChI is InChI=1S/C16H23F3N2O4/c1-21(10-16(17,18)19)7-5-6-20-15(22)11-8-13(24-3)14(25-4)9-12(11)23-2/h8-9H,5-7,10H2,1-4H3,(H,20,22). The van der Waals surface area contributed by atoms with Gasteiger partial charge in [0.2, 0.25) is 0 Å². The third-order valence-electron chi connectivity index (χ3n) is 3.40. The van der Waals surface area contributed by atoms with Gasteiger partial charge in [-0.1, -0.05) is 0 Å². The zero-order chi connectivity index (χ0) is 19.0. The van der Waals surface area contributed by atoms with Crippen molar-refractivity contribution in [2.24, 2.45) is 0 Å². The predicted octanol–water partition coefficient (Wildman–Crippen LogP) is 2.33. The third-order valence-corrected chi connectivity index (χ3v) is 3.40. The first kappa shape index (κ1) is 20.9. The molecule has 0 aromatic heterocycles. The molecule has 6 nitrogen and oxygen atoms in total. The largest absolute Gasteiger partial charge is 0.496 e. The second-order valence-corrected chi connectivity index (χ2v) is 5.37. The van der Waals surface area contributed by atoms with Crippen molar-refractivity contribution in [1.29, 1.82) is 0 Å². The summed E-state index contributed by atoms with van der Waals surface area (Å²) in [7, 11) is 5.72. The Morgan fingerprint density at radius 2 is 1.64 bits per heavy atom. The molecule has 142 valence electrons. The number of halogens is 3. The van der Waals surface area contributed by atoms with E-state index in [2.05, 4.69) is 5.32 Å². The van der Waals surface area contributed by atoms with Crippen LogP contribution in [0.15, 0.2) is 12.1 Å². The van der Waals surface area contributed by atoms with E-state index < -0.39 is 18.6 Å². The van der Waals surface area contributed by atoms with Crippen LogP contribution in [0.4, 0.5) is 13.2 Å². The van der Waals surface area contributed by atoms with Gasteiger partial charge in [-0.2, -0.15) is 13.2 Å². The zero-order valence-corrected chi connectivity index (χ0v) is 14.7. The molecule has 0 aliphatic carbocycles. The van der Waals surface area contributed by atoms with Crippen molar-refractivity contribution in [3.8, 4) is 17.2 Å². The van der Waals surface area contributed by atoms with E-state index in [-0.39, 0.29) is 18.7 Å². The van der Waals surface area contributed by atoms with Crippen molar-refractivity contribution in [1.82, 2.24) is 10.2 Å². The van der Waals surface area contributed by atoms with Crippen LogP contribution in [0, 0.1) is 0 Å². The summed E-state index contributed by atoms with van der Waals surface area (Å²) in [6.45, 7) is -0.536. The molecule has 0 saturated heterocycles. The average molecular weight is 364 g/mol. The van der Waals surface area contributed by atoms with Crippen LogP contribution in [0.2, 0.25) is 0 Å². The molecule has 1 aromatic rings. The molecule has 0 fully saturated rings. The van der Waals surface area contributed by atoms with E-state index in [1.165, 1.54) is 40.5 Å². The van der Waals surface area contributed by atoms with Gasteiger partial charge in [-0.25, -0.2) is 0 Å². The number of alkyl halides is 3. The summed E-state index contributed by atoms with van der Waals surface area (Å²) in [4.78, 5) is 13.4. The van der Waals surface area contributed by atoms with E-state index >= 15 is 0 Å². The van der Waals surface area contributed by atoms with Gasteiger partial charge in [0.25, 0.3) is 5.91 Å². The van der Waals surface area contributed by atoms with Crippen LogP contribution in [-0.4, -0.2) is 65.0 Å². The normalized spacial score (nSPS) is 11.4. The topological polar surface area (TPSA) is 60.0 Å². The second kappa shape index (κ2) is 9.36. The fraction of sp³-hybridized carbons (Fsp3) is 0.562. The Kier molecular flexibility index (Phi) is 7.82. The minimum Gasteiger partial charge on any atom is -0.496 e. The zero-order valence-electron chi connectivity index (χ0n) is 14.7. The molecule has 1 aromatic carbocycles. The van der Waals surface area contributed by atoms with Crippen molar-refractivity contribution in [2.75, 3.05) is 48.0 Å². The first-order valence-electron chi connectivity index (χ1n) is 7.55. The van der Waals surface area contributed by atoms with Gasteiger partial charge in [-0.05, 0) is 20.0 Å². The lowest BCUT2D eigenvalue weighted by atomic mass is 10.1. The SMILES string of the molecule is COc1cc(OC)c(C(=O)NCCCN(C)CC(F)(F)F)cc1OC.